The van der Waals surface area contributed by atoms with Gasteiger partial charge in [0.25, 0.3) is 16.6 Å². The van der Waals surface area contributed by atoms with Crippen molar-refractivity contribution in [3.63, 3.8) is 0 Å². The summed E-state index contributed by atoms with van der Waals surface area (Å²) in [5, 5.41) is 0. The average Bonchev–Trinajstić information content (AvgIpc) is 1.86. The first-order chi connectivity index (χ1) is 4.83. The number of rotatable bonds is 2. The van der Waals surface area contributed by atoms with E-state index in [1.165, 1.54) is 0 Å². The Labute approximate surface area is 91.8 Å². The van der Waals surface area contributed by atoms with E-state index in [0.717, 1.165) is 0 Å². The van der Waals surface area contributed by atoms with Gasteiger partial charge in [0.1, 0.15) is 0 Å². The molecule has 0 aliphatic rings. The van der Waals surface area contributed by atoms with Crippen LogP contribution in [0.1, 0.15) is 0 Å². The minimum Gasteiger partial charge on any atom is -0.438 e. The summed E-state index contributed by atoms with van der Waals surface area (Å²) in [5.74, 6) is 0. The van der Waals surface area contributed by atoms with Crippen LogP contribution in [-0.4, -0.2) is 16.6 Å². The summed E-state index contributed by atoms with van der Waals surface area (Å²) >= 11 is 0. The van der Waals surface area contributed by atoms with Crippen LogP contribution in [-0.2, 0) is 25.2 Å². The Kier molecular flexibility index (Phi) is 6.19. The fraction of sp³-hybridized carbons (Fsp3) is 0.500. The summed E-state index contributed by atoms with van der Waals surface area (Å²) in [6.07, 6.45) is 10.6. The Bertz CT molecular complexity index is 198. The predicted octanol–water partition coefficient (Wildman–Crippen LogP) is 1.76. The van der Waals surface area contributed by atoms with E-state index in [9.17, 15) is 0 Å². The minimum absolute atomic E-state index is 0. The van der Waals surface area contributed by atoms with Gasteiger partial charge in [-0.15, -0.1) is 23.9 Å². The van der Waals surface area contributed by atoms with Crippen LogP contribution in [0.2, 0.25) is 26.2 Å². The number of hydrogen-bond acceptors (Lipinski definition) is 1. The van der Waals surface area contributed by atoms with Crippen molar-refractivity contribution in [2.45, 2.75) is 26.2 Å². The molecule has 12 heavy (non-hydrogen) atoms. The van der Waals surface area contributed by atoms with Gasteiger partial charge < -0.3 is 4.12 Å². The Hall–Kier alpha value is 0.202. The Morgan fingerprint density at radius 2 is 1.17 bits per heavy atom. The van der Waals surface area contributed by atoms with E-state index in [-0.39, 0.29) is 21.1 Å². The van der Waals surface area contributed by atoms with Crippen LogP contribution in [0.3, 0.4) is 0 Å². The van der Waals surface area contributed by atoms with Gasteiger partial charge in [0, 0.05) is 21.1 Å². The molecule has 0 bridgehead atoms. The van der Waals surface area contributed by atoms with Gasteiger partial charge in [-0.1, -0.05) is 0 Å². The minimum atomic E-state index is -1.89. The topological polar surface area (TPSA) is 9.23 Å². The Balaban J connectivity index is 0. The molecule has 0 rings (SSSR count). The molecular weight excluding hydrogens is 363 g/mol. The van der Waals surface area contributed by atoms with Gasteiger partial charge in [0.2, 0.25) is 0 Å². The van der Waals surface area contributed by atoms with Crippen LogP contribution in [0, 0.1) is 23.9 Å². The quantitative estimate of drug-likeness (QED) is 0.526. The van der Waals surface area contributed by atoms with E-state index in [2.05, 4.69) is 11.1 Å². The SMILES string of the molecule is C#C[Si](C)(C)O[Si](C)(C)C#C.[Pt]. The van der Waals surface area contributed by atoms with Gasteiger partial charge in [-0.25, -0.2) is 0 Å². The van der Waals surface area contributed by atoms with Gasteiger partial charge in [-0.2, -0.15) is 0 Å². The summed E-state index contributed by atoms with van der Waals surface area (Å²) in [5.41, 5.74) is 5.38. The van der Waals surface area contributed by atoms with Crippen molar-refractivity contribution in [2.24, 2.45) is 0 Å². The van der Waals surface area contributed by atoms with E-state index < -0.39 is 16.6 Å². The standard InChI is InChI=1S/C8H14OSi2.Pt/c1-7-10(3,4)9-11(5,6)8-2;/h1-2H,3-6H3;. The third-order valence-electron chi connectivity index (χ3n) is 1.21. The molecule has 0 aromatic rings. The van der Waals surface area contributed by atoms with E-state index in [1.54, 1.807) is 0 Å². The molecule has 0 saturated carbocycles. The molecule has 1 nitrogen and oxygen atoms in total. The van der Waals surface area contributed by atoms with Crippen molar-refractivity contribution in [2.75, 3.05) is 0 Å². The average molecular weight is 377 g/mol. The summed E-state index contributed by atoms with van der Waals surface area (Å²) < 4.78 is 5.73. The fourth-order valence-electron chi connectivity index (χ4n) is 0.697. The summed E-state index contributed by atoms with van der Waals surface area (Å²) in [7, 11) is -3.77. The van der Waals surface area contributed by atoms with Crippen molar-refractivity contribution < 1.29 is 25.2 Å². The molecule has 0 atom stereocenters. The van der Waals surface area contributed by atoms with Crippen molar-refractivity contribution >= 4 is 16.6 Å². The molecule has 0 aliphatic heterocycles. The predicted molar refractivity (Wildman–Crippen MR) is 53.7 cm³/mol. The van der Waals surface area contributed by atoms with Crippen LogP contribution in [0.15, 0.2) is 0 Å². The third-order valence-corrected chi connectivity index (χ3v) is 6.68. The van der Waals surface area contributed by atoms with Gasteiger partial charge in [-0.05, 0) is 26.2 Å². The van der Waals surface area contributed by atoms with Crippen LogP contribution in [0.4, 0.5) is 0 Å². The number of hydrogen-bond donors (Lipinski definition) is 0. The van der Waals surface area contributed by atoms with Crippen molar-refractivity contribution in [1.82, 2.24) is 0 Å². The molecule has 0 radical (unpaired) electrons. The molecule has 0 fully saturated rings. The molecule has 0 heterocycles. The maximum atomic E-state index is 5.73. The summed E-state index contributed by atoms with van der Waals surface area (Å²) in [6.45, 7) is 7.94. The maximum absolute atomic E-state index is 5.73. The first-order valence-corrected chi connectivity index (χ1v) is 9.30. The van der Waals surface area contributed by atoms with Crippen LogP contribution in [0.5, 0.6) is 0 Å². The first-order valence-electron chi connectivity index (χ1n) is 3.49. The molecule has 0 aliphatic carbocycles. The number of terminal acetylenes is 2. The van der Waals surface area contributed by atoms with Crippen molar-refractivity contribution in [3.05, 3.63) is 0 Å². The van der Waals surface area contributed by atoms with Crippen molar-refractivity contribution in [1.29, 1.82) is 0 Å². The van der Waals surface area contributed by atoms with Crippen LogP contribution < -0.4 is 0 Å². The van der Waals surface area contributed by atoms with Gasteiger partial charge in [0.05, 0.1) is 0 Å². The molecule has 70 valence electrons. The second kappa shape index (κ2) is 5.05. The normalized spacial score (nSPS) is 10.8. The summed E-state index contributed by atoms with van der Waals surface area (Å²) in [6, 6.07) is 0. The molecule has 0 N–H and O–H groups in total. The zero-order valence-corrected chi connectivity index (χ0v) is 12.2. The van der Waals surface area contributed by atoms with Crippen LogP contribution in [0.25, 0.3) is 0 Å². The molecule has 0 amide bonds. The second-order valence-electron chi connectivity index (χ2n) is 3.41. The van der Waals surface area contributed by atoms with E-state index >= 15 is 0 Å². The van der Waals surface area contributed by atoms with Gasteiger partial charge >= 0.3 is 0 Å². The molecular formula is C8H14OPtSi2. The smallest absolute Gasteiger partial charge is 0.256 e. The second-order valence-corrected chi connectivity index (χ2v) is 10.8. The van der Waals surface area contributed by atoms with E-state index in [0.29, 0.717) is 0 Å². The third kappa shape index (κ3) is 5.80. The molecule has 0 saturated heterocycles. The molecule has 0 unspecified atom stereocenters. The molecule has 0 spiro atoms. The largest absolute Gasteiger partial charge is 0.438 e. The Morgan fingerprint density at radius 1 is 0.917 bits per heavy atom. The fourth-order valence-corrected chi connectivity index (χ4v) is 6.27. The van der Waals surface area contributed by atoms with Gasteiger partial charge in [-0.3, -0.25) is 0 Å². The zero-order valence-electron chi connectivity index (χ0n) is 7.88. The van der Waals surface area contributed by atoms with Crippen molar-refractivity contribution in [3.8, 4) is 23.9 Å². The summed E-state index contributed by atoms with van der Waals surface area (Å²) in [4.78, 5) is 0. The Morgan fingerprint density at radius 3 is 1.33 bits per heavy atom. The van der Waals surface area contributed by atoms with Crippen LogP contribution >= 0.6 is 0 Å². The molecule has 0 aromatic heterocycles. The zero-order chi connectivity index (χ0) is 9.12. The maximum Gasteiger partial charge on any atom is 0.256 e. The monoisotopic (exact) mass is 377 g/mol. The van der Waals surface area contributed by atoms with E-state index in [4.69, 9.17) is 17.0 Å². The molecule has 4 heteroatoms. The first kappa shape index (κ1) is 14.7. The molecule has 0 aromatic carbocycles. The van der Waals surface area contributed by atoms with Gasteiger partial charge in [0.15, 0.2) is 0 Å². The van der Waals surface area contributed by atoms with E-state index in [1.807, 2.05) is 26.2 Å².